The van der Waals surface area contributed by atoms with Crippen LogP contribution in [0.1, 0.15) is 79.1 Å². The van der Waals surface area contributed by atoms with Crippen LogP contribution in [-0.4, -0.2) is 75.3 Å². The van der Waals surface area contributed by atoms with Gasteiger partial charge in [-0.25, -0.2) is 0 Å². The minimum atomic E-state index is -1.02. The van der Waals surface area contributed by atoms with Crippen LogP contribution in [0.15, 0.2) is 12.7 Å². The predicted molar refractivity (Wildman–Crippen MR) is 146 cm³/mol. The van der Waals surface area contributed by atoms with E-state index in [1.54, 1.807) is 11.8 Å². The van der Waals surface area contributed by atoms with Crippen molar-refractivity contribution in [2.24, 2.45) is 34.0 Å². The molecule has 5 aliphatic rings. The molecule has 208 valence electrons. The van der Waals surface area contributed by atoms with Crippen molar-refractivity contribution in [1.29, 1.82) is 0 Å². The summed E-state index contributed by atoms with van der Waals surface area (Å²) in [7, 11) is 2.23. The van der Waals surface area contributed by atoms with Gasteiger partial charge in [0, 0.05) is 34.1 Å². The van der Waals surface area contributed by atoms with E-state index in [9.17, 15) is 19.8 Å². The van der Waals surface area contributed by atoms with E-state index in [2.05, 4.69) is 32.4 Å². The molecule has 37 heavy (non-hydrogen) atoms. The normalized spacial score (nSPS) is 51.8. The van der Waals surface area contributed by atoms with Crippen LogP contribution in [0.3, 0.4) is 0 Å². The van der Waals surface area contributed by atoms with Crippen molar-refractivity contribution >= 4 is 23.5 Å². The number of Topliss-reactive ketones (excluding diaryl/α,β-unsaturated/α-hetero) is 1. The molecule has 7 heteroatoms. The molecule has 2 aliphatic heterocycles. The number of hydrogen-bond acceptors (Lipinski definition) is 7. The molecule has 4 bridgehead atoms. The second-order valence-electron chi connectivity index (χ2n) is 13.7. The van der Waals surface area contributed by atoms with Gasteiger partial charge in [0.1, 0.15) is 12.2 Å². The van der Waals surface area contributed by atoms with Crippen LogP contribution in [0, 0.1) is 34.0 Å². The van der Waals surface area contributed by atoms with Crippen molar-refractivity contribution in [3.63, 3.8) is 0 Å². The molecular weight excluding hydrogens is 486 g/mol. The van der Waals surface area contributed by atoms with Crippen LogP contribution < -0.4 is 0 Å². The second-order valence-corrected chi connectivity index (χ2v) is 15.0. The van der Waals surface area contributed by atoms with Crippen LogP contribution in [0.4, 0.5) is 0 Å². The number of carbonyl (C=O) groups is 2. The lowest BCUT2D eigenvalue weighted by molar-refractivity contribution is -0.205. The van der Waals surface area contributed by atoms with Gasteiger partial charge < -0.3 is 19.8 Å². The van der Waals surface area contributed by atoms with Gasteiger partial charge in [-0.3, -0.25) is 9.59 Å². The number of hydrogen-bond donors (Lipinski definition) is 2. The molecule has 3 aliphatic carbocycles. The van der Waals surface area contributed by atoms with Gasteiger partial charge in [-0.2, -0.15) is 0 Å². The summed E-state index contributed by atoms with van der Waals surface area (Å²) in [4.78, 5) is 29.5. The Morgan fingerprint density at radius 2 is 1.81 bits per heavy atom. The highest BCUT2D eigenvalue weighted by molar-refractivity contribution is 8.00. The van der Waals surface area contributed by atoms with E-state index in [4.69, 9.17) is 4.74 Å². The fraction of sp³-hybridized carbons (Fsp3) is 0.867. The lowest BCUT2D eigenvalue weighted by Crippen LogP contribution is -2.63. The Morgan fingerprint density at radius 3 is 2.43 bits per heavy atom. The number of aliphatic hydroxyl groups excluding tert-OH is 2. The summed E-state index contributed by atoms with van der Waals surface area (Å²) < 4.78 is 6.37. The van der Waals surface area contributed by atoms with Crippen molar-refractivity contribution in [3.8, 4) is 0 Å². The fourth-order valence-electron chi connectivity index (χ4n) is 9.36. The first-order valence-corrected chi connectivity index (χ1v) is 15.5. The monoisotopic (exact) mass is 533 g/mol. The van der Waals surface area contributed by atoms with Gasteiger partial charge in [0.25, 0.3) is 0 Å². The average molecular weight is 534 g/mol. The van der Waals surface area contributed by atoms with E-state index >= 15 is 0 Å². The van der Waals surface area contributed by atoms with E-state index in [0.717, 1.165) is 25.7 Å². The molecular formula is C30H47NO5S. The first-order valence-electron chi connectivity index (χ1n) is 14.4. The molecule has 6 nitrogen and oxygen atoms in total. The molecule has 0 amide bonds. The lowest BCUT2D eigenvalue weighted by atomic mass is 9.44. The minimum Gasteiger partial charge on any atom is -0.461 e. The van der Waals surface area contributed by atoms with Crippen LogP contribution >= 0.6 is 11.8 Å². The standard InChI is InChI=1S/C30H47NO5S/c1-7-28(4)15-23(36-24(33)16-37-21-12-19-8-9-20(13-21)31(19)6)29(5)17(2)10-11-30(18(3)27(28)35)14-22(32)25(34)26(29)30/h7,17-23,26-27,32,35H,1,8-16H2,2-6H3/t17-,18+,19-,20+,21?,22+,23-,26+,27+,28-,29+,30+/m1/s1. The van der Waals surface area contributed by atoms with E-state index < -0.39 is 40.5 Å². The summed E-state index contributed by atoms with van der Waals surface area (Å²) in [6, 6.07) is 1.26. The zero-order valence-electron chi connectivity index (χ0n) is 23.3. The number of aliphatic hydroxyl groups is 2. The number of ketones is 1. The number of nitrogens with zero attached hydrogens (tertiary/aromatic N) is 1. The maximum Gasteiger partial charge on any atom is 0.316 e. The summed E-state index contributed by atoms with van der Waals surface area (Å²) in [5.74, 6) is -0.524. The number of rotatable bonds is 5. The van der Waals surface area contributed by atoms with Crippen molar-refractivity contribution < 1.29 is 24.5 Å². The third kappa shape index (κ3) is 4.17. The summed E-state index contributed by atoms with van der Waals surface area (Å²) in [5, 5.41) is 23.0. The Bertz CT molecular complexity index is 929. The van der Waals surface area contributed by atoms with Gasteiger partial charge in [0.05, 0.1) is 11.9 Å². The predicted octanol–water partition coefficient (Wildman–Crippen LogP) is 4.22. The lowest BCUT2D eigenvalue weighted by Gasteiger charge is -2.61. The molecule has 2 saturated heterocycles. The number of esters is 1. The Balaban J connectivity index is 1.41. The Hall–Kier alpha value is -0.890. The molecule has 2 N–H and O–H groups in total. The summed E-state index contributed by atoms with van der Waals surface area (Å²) in [6.07, 6.45) is 6.74. The number of fused-ring (bicyclic) bond motifs is 2. The second kappa shape index (κ2) is 9.64. The number of piperidine rings is 1. The molecule has 2 heterocycles. The summed E-state index contributed by atoms with van der Waals surface area (Å²) in [6.45, 7) is 12.4. The van der Waals surface area contributed by atoms with E-state index in [1.165, 1.54) is 12.8 Å². The summed E-state index contributed by atoms with van der Waals surface area (Å²) in [5.41, 5.74) is -1.79. The van der Waals surface area contributed by atoms with Crippen molar-refractivity contribution in [2.45, 2.75) is 115 Å². The van der Waals surface area contributed by atoms with Gasteiger partial charge in [-0.15, -0.1) is 18.3 Å². The first kappa shape index (κ1) is 27.7. The van der Waals surface area contributed by atoms with Gasteiger partial charge in [0.2, 0.25) is 0 Å². The smallest absolute Gasteiger partial charge is 0.316 e. The average Bonchev–Trinajstić information content (AvgIpc) is 3.23. The van der Waals surface area contributed by atoms with Crippen molar-refractivity contribution in [1.82, 2.24) is 4.90 Å². The highest BCUT2D eigenvalue weighted by Gasteiger charge is 2.70. The van der Waals surface area contributed by atoms with Gasteiger partial charge in [-0.05, 0) is 75.7 Å². The zero-order valence-corrected chi connectivity index (χ0v) is 24.1. The molecule has 0 spiro atoms. The Kier molecular flexibility index (Phi) is 7.21. The maximum absolute atomic E-state index is 13.6. The van der Waals surface area contributed by atoms with Crippen molar-refractivity contribution in [2.75, 3.05) is 12.8 Å². The third-order valence-electron chi connectivity index (χ3n) is 12.1. The molecule has 1 unspecified atom stereocenters. The van der Waals surface area contributed by atoms with E-state index in [-0.39, 0.29) is 23.6 Å². The van der Waals surface area contributed by atoms with E-state index in [0.29, 0.717) is 35.9 Å². The molecule has 0 aromatic rings. The van der Waals surface area contributed by atoms with Gasteiger partial charge in [0.15, 0.2) is 5.78 Å². The third-order valence-corrected chi connectivity index (χ3v) is 13.4. The highest BCUT2D eigenvalue weighted by Crippen LogP contribution is 2.68. The fourth-order valence-corrected chi connectivity index (χ4v) is 10.5. The molecule has 3 saturated carbocycles. The zero-order chi connectivity index (χ0) is 26.9. The Morgan fingerprint density at radius 1 is 1.16 bits per heavy atom. The molecule has 0 aromatic heterocycles. The SMILES string of the molecule is C=C[C@]1(C)C[C@@H](OC(=O)CSC2C[C@H]3CC[C@@H](C2)N3C)[C@]2(C)[C@H](C)CC[C@]3(C[C@H](O)C(=O)[C@H]32)[C@@H](C)[C@@H]1O. The molecule has 0 radical (unpaired) electrons. The van der Waals surface area contributed by atoms with E-state index in [1.807, 2.05) is 19.9 Å². The van der Waals surface area contributed by atoms with Gasteiger partial charge >= 0.3 is 5.97 Å². The quantitative estimate of drug-likeness (QED) is 0.404. The topological polar surface area (TPSA) is 87.1 Å². The van der Waals surface area contributed by atoms with Crippen LogP contribution in [-0.2, 0) is 14.3 Å². The molecule has 0 aromatic carbocycles. The van der Waals surface area contributed by atoms with Crippen LogP contribution in [0.5, 0.6) is 0 Å². The first-order chi connectivity index (χ1) is 17.4. The summed E-state index contributed by atoms with van der Waals surface area (Å²) >= 11 is 1.72. The van der Waals surface area contributed by atoms with Gasteiger partial charge in [-0.1, -0.05) is 33.8 Å². The maximum atomic E-state index is 13.6. The van der Waals surface area contributed by atoms with Crippen molar-refractivity contribution in [3.05, 3.63) is 12.7 Å². The largest absolute Gasteiger partial charge is 0.461 e. The number of thioether (sulfide) groups is 1. The highest BCUT2D eigenvalue weighted by atomic mass is 32.2. The van der Waals surface area contributed by atoms with Crippen LogP contribution in [0.25, 0.3) is 0 Å². The number of carbonyl (C=O) groups excluding carboxylic acids is 2. The number of ether oxygens (including phenoxy) is 1. The molecule has 12 atom stereocenters. The molecule has 5 rings (SSSR count). The Labute approximate surface area is 227 Å². The molecule has 5 fully saturated rings. The van der Waals surface area contributed by atoms with Crippen LogP contribution in [0.2, 0.25) is 0 Å². The minimum absolute atomic E-state index is 0.132.